The van der Waals surface area contributed by atoms with Crippen LogP contribution in [0.25, 0.3) is 0 Å². The number of halogens is 1. The molecule has 2 rings (SSSR count). The van der Waals surface area contributed by atoms with Crippen molar-refractivity contribution < 1.29 is 4.74 Å². The predicted octanol–water partition coefficient (Wildman–Crippen LogP) is 4.19. The highest BCUT2D eigenvalue weighted by atomic mass is 127. The van der Waals surface area contributed by atoms with E-state index in [4.69, 9.17) is 4.74 Å². The number of nitrogens with one attached hydrogen (secondary N) is 2. The van der Waals surface area contributed by atoms with E-state index in [0.29, 0.717) is 12.5 Å². The first-order chi connectivity index (χ1) is 12.1. The van der Waals surface area contributed by atoms with Crippen molar-refractivity contribution in [3.63, 3.8) is 0 Å². The minimum absolute atomic E-state index is 0. The molecule has 0 unspecified atom stereocenters. The maximum Gasteiger partial charge on any atom is 0.191 e. The summed E-state index contributed by atoms with van der Waals surface area (Å²) in [6.07, 6.45) is 0.913. The van der Waals surface area contributed by atoms with Gasteiger partial charge < -0.3 is 15.4 Å². The van der Waals surface area contributed by atoms with Gasteiger partial charge in [-0.05, 0) is 37.0 Å². The summed E-state index contributed by atoms with van der Waals surface area (Å²) in [5.41, 5.74) is 2.38. The Balaban J connectivity index is 0.00000338. The van der Waals surface area contributed by atoms with E-state index in [1.807, 2.05) is 12.1 Å². The van der Waals surface area contributed by atoms with Gasteiger partial charge in [-0.2, -0.15) is 0 Å². The third-order valence-electron chi connectivity index (χ3n) is 3.72. The quantitative estimate of drug-likeness (QED) is 0.333. The van der Waals surface area contributed by atoms with E-state index in [0.717, 1.165) is 41.9 Å². The van der Waals surface area contributed by atoms with Gasteiger partial charge in [-0.1, -0.05) is 26.0 Å². The number of methoxy groups -OCH3 is 1. The van der Waals surface area contributed by atoms with Crippen LogP contribution in [0.4, 0.5) is 0 Å². The molecule has 2 aromatic rings. The maximum absolute atomic E-state index is 5.26. The third-order valence-corrected chi connectivity index (χ3v) is 4.57. The second-order valence-electron chi connectivity index (χ2n) is 6.04. The molecule has 1 aromatic carbocycles. The van der Waals surface area contributed by atoms with Crippen LogP contribution in [-0.4, -0.2) is 31.1 Å². The summed E-state index contributed by atoms with van der Waals surface area (Å²) in [7, 11) is 1.69. The van der Waals surface area contributed by atoms with Gasteiger partial charge in [-0.25, -0.2) is 9.98 Å². The van der Waals surface area contributed by atoms with Gasteiger partial charge in [-0.3, -0.25) is 0 Å². The zero-order valence-electron chi connectivity index (χ0n) is 15.9. The zero-order chi connectivity index (χ0) is 18.1. The Labute approximate surface area is 177 Å². The van der Waals surface area contributed by atoms with Crippen LogP contribution < -0.4 is 15.4 Å². The molecule has 7 heteroatoms. The van der Waals surface area contributed by atoms with E-state index in [-0.39, 0.29) is 24.0 Å². The monoisotopic (exact) mass is 488 g/mol. The number of hydrogen-bond acceptors (Lipinski definition) is 4. The molecule has 2 N–H and O–H groups in total. The van der Waals surface area contributed by atoms with E-state index >= 15 is 0 Å². The molecule has 0 spiro atoms. The average Bonchev–Trinajstić information content (AvgIpc) is 3.09. The van der Waals surface area contributed by atoms with E-state index in [1.54, 1.807) is 18.4 Å². The van der Waals surface area contributed by atoms with Crippen LogP contribution in [0.5, 0.6) is 5.75 Å². The highest BCUT2D eigenvalue weighted by molar-refractivity contribution is 14.0. The van der Waals surface area contributed by atoms with Crippen LogP contribution in [0, 0.1) is 0 Å². The molecule has 0 atom stereocenters. The van der Waals surface area contributed by atoms with Crippen LogP contribution >= 0.6 is 35.3 Å². The van der Waals surface area contributed by atoms with Crippen molar-refractivity contribution in [1.29, 1.82) is 0 Å². The Morgan fingerprint density at radius 3 is 2.77 bits per heavy atom. The normalized spacial score (nSPS) is 11.2. The van der Waals surface area contributed by atoms with E-state index in [9.17, 15) is 0 Å². The van der Waals surface area contributed by atoms with Gasteiger partial charge >= 0.3 is 0 Å². The summed E-state index contributed by atoms with van der Waals surface area (Å²) in [4.78, 5) is 9.27. The molecule has 1 heterocycles. The van der Waals surface area contributed by atoms with Crippen molar-refractivity contribution in [2.24, 2.45) is 4.99 Å². The van der Waals surface area contributed by atoms with Crippen molar-refractivity contribution >= 4 is 41.3 Å². The molecule has 0 aliphatic carbocycles. The Kier molecular flexibility index (Phi) is 10.6. The van der Waals surface area contributed by atoms with Gasteiger partial charge in [0.05, 0.1) is 19.3 Å². The van der Waals surface area contributed by atoms with Crippen molar-refractivity contribution in [3.8, 4) is 5.75 Å². The average molecular weight is 488 g/mol. The zero-order valence-corrected chi connectivity index (χ0v) is 19.1. The minimum atomic E-state index is 0. The SMILES string of the molecule is CCNC(=NCc1nc(C(C)C)cs1)NCCc1cccc(OC)c1.I. The fourth-order valence-corrected chi connectivity index (χ4v) is 3.18. The number of hydrogen-bond donors (Lipinski definition) is 2. The molecule has 0 aliphatic heterocycles. The van der Waals surface area contributed by atoms with Gasteiger partial charge in [0.25, 0.3) is 0 Å². The van der Waals surface area contributed by atoms with Crippen molar-refractivity contribution in [1.82, 2.24) is 15.6 Å². The first kappa shape index (κ1) is 22.7. The minimum Gasteiger partial charge on any atom is -0.497 e. The lowest BCUT2D eigenvalue weighted by Gasteiger charge is -2.11. The summed E-state index contributed by atoms with van der Waals surface area (Å²) in [5.74, 6) is 2.18. The summed E-state index contributed by atoms with van der Waals surface area (Å²) in [6, 6.07) is 8.15. The van der Waals surface area contributed by atoms with Crippen molar-refractivity contribution in [2.45, 2.75) is 39.7 Å². The topological polar surface area (TPSA) is 58.5 Å². The Bertz CT molecular complexity index is 688. The largest absolute Gasteiger partial charge is 0.497 e. The number of aliphatic imine (C=N–C) groups is 1. The smallest absolute Gasteiger partial charge is 0.191 e. The number of benzene rings is 1. The summed E-state index contributed by atoms with van der Waals surface area (Å²) < 4.78 is 5.26. The number of thiazole rings is 1. The molecule has 0 saturated heterocycles. The summed E-state index contributed by atoms with van der Waals surface area (Å²) in [5, 5.41) is 9.84. The van der Waals surface area contributed by atoms with Crippen LogP contribution in [0.3, 0.4) is 0 Å². The Hall–Kier alpha value is -1.35. The molecule has 0 fully saturated rings. The first-order valence-corrected chi connectivity index (χ1v) is 9.59. The number of guanidine groups is 1. The van der Waals surface area contributed by atoms with E-state index < -0.39 is 0 Å². The van der Waals surface area contributed by atoms with Gasteiger partial charge in [0.1, 0.15) is 10.8 Å². The molecule has 1 aromatic heterocycles. The fourth-order valence-electron chi connectivity index (χ4n) is 2.30. The first-order valence-electron chi connectivity index (χ1n) is 8.71. The highest BCUT2D eigenvalue weighted by Gasteiger charge is 2.05. The molecule has 0 saturated carbocycles. The van der Waals surface area contributed by atoms with Gasteiger partial charge in [0, 0.05) is 18.5 Å². The lowest BCUT2D eigenvalue weighted by atomic mass is 10.1. The van der Waals surface area contributed by atoms with Crippen LogP contribution in [-0.2, 0) is 13.0 Å². The molecule has 0 aliphatic rings. The summed E-state index contributed by atoms with van der Waals surface area (Å²) >= 11 is 1.68. The lowest BCUT2D eigenvalue weighted by molar-refractivity contribution is 0.414. The van der Waals surface area contributed by atoms with E-state index in [2.05, 4.69) is 58.9 Å². The van der Waals surface area contributed by atoms with Gasteiger partial charge in [0.2, 0.25) is 0 Å². The molecule has 26 heavy (non-hydrogen) atoms. The molecule has 0 radical (unpaired) electrons. The van der Waals surface area contributed by atoms with Crippen LogP contribution in [0.15, 0.2) is 34.6 Å². The number of ether oxygens (including phenoxy) is 1. The number of aromatic nitrogens is 1. The Morgan fingerprint density at radius 2 is 2.12 bits per heavy atom. The molecular weight excluding hydrogens is 459 g/mol. The second-order valence-corrected chi connectivity index (χ2v) is 6.99. The number of rotatable bonds is 8. The lowest BCUT2D eigenvalue weighted by Crippen LogP contribution is -2.38. The standard InChI is InChI=1S/C19H28N4OS.HI/c1-5-20-19(22-12-18-23-17(13-25-18)14(2)3)21-10-9-15-7-6-8-16(11-15)24-4;/h6-8,11,13-14H,5,9-10,12H2,1-4H3,(H2,20,21,22);1H. The van der Waals surface area contributed by atoms with Crippen molar-refractivity contribution in [3.05, 3.63) is 45.9 Å². The molecule has 0 amide bonds. The molecule has 144 valence electrons. The second kappa shape index (κ2) is 12.1. The summed E-state index contributed by atoms with van der Waals surface area (Å²) in [6.45, 7) is 8.64. The molecule has 0 bridgehead atoms. The van der Waals surface area contributed by atoms with Gasteiger partial charge in [-0.15, -0.1) is 35.3 Å². The van der Waals surface area contributed by atoms with E-state index in [1.165, 1.54) is 5.56 Å². The molecule has 5 nitrogen and oxygen atoms in total. The highest BCUT2D eigenvalue weighted by Crippen LogP contribution is 2.18. The predicted molar refractivity (Wildman–Crippen MR) is 121 cm³/mol. The fraction of sp³-hybridized carbons (Fsp3) is 0.474. The number of nitrogens with zero attached hydrogens (tertiary/aromatic N) is 2. The van der Waals surface area contributed by atoms with Gasteiger partial charge in [0.15, 0.2) is 5.96 Å². The maximum atomic E-state index is 5.26. The van der Waals surface area contributed by atoms with Crippen LogP contribution in [0.1, 0.15) is 43.0 Å². The van der Waals surface area contributed by atoms with Crippen molar-refractivity contribution in [2.75, 3.05) is 20.2 Å². The molecular formula is C19H29IN4OS. The Morgan fingerprint density at radius 1 is 1.31 bits per heavy atom. The van der Waals surface area contributed by atoms with Crippen LogP contribution in [0.2, 0.25) is 0 Å². The third kappa shape index (κ3) is 7.49.